The predicted molar refractivity (Wildman–Crippen MR) is 74.6 cm³/mol. The van der Waals surface area contributed by atoms with Gasteiger partial charge in [-0.05, 0) is 6.42 Å². The summed E-state index contributed by atoms with van der Waals surface area (Å²) in [6.45, 7) is 4.33. The average Bonchev–Trinajstić information content (AvgIpc) is 2.41. The lowest BCUT2D eigenvalue weighted by atomic mass is 10.1. The van der Waals surface area contributed by atoms with Crippen LogP contribution in [0.5, 0.6) is 0 Å². The van der Waals surface area contributed by atoms with Crippen molar-refractivity contribution >= 4 is 23.4 Å². The van der Waals surface area contributed by atoms with Gasteiger partial charge in [0.25, 0.3) is 5.91 Å². The van der Waals surface area contributed by atoms with E-state index in [0.29, 0.717) is 25.2 Å². The Bertz CT molecular complexity index is 523. The SMILES string of the molecule is CC(C)c1ncc(Cl)c(C(=O)NC2CCC(=O)NC2)n1. The minimum atomic E-state index is -0.333. The number of carbonyl (C=O) groups is 2. The van der Waals surface area contributed by atoms with Gasteiger partial charge in [-0.25, -0.2) is 9.97 Å². The second-order valence-electron chi connectivity index (χ2n) is 5.09. The molecule has 1 atom stereocenters. The lowest BCUT2D eigenvalue weighted by Gasteiger charge is -2.23. The molecule has 1 saturated heterocycles. The van der Waals surface area contributed by atoms with E-state index in [4.69, 9.17) is 11.6 Å². The van der Waals surface area contributed by atoms with E-state index in [1.807, 2.05) is 13.8 Å². The fraction of sp³-hybridized carbons (Fsp3) is 0.538. The van der Waals surface area contributed by atoms with Crippen molar-refractivity contribution in [1.82, 2.24) is 20.6 Å². The van der Waals surface area contributed by atoms with Gasteiger partial charge in [0.2, 0.25) is 5.91 Å². The zero-order valence-electron chi connectivity index (χ0n) is 11.4. The van der Waals surface area contributed by atoms with Gasteiger partial charge in [0.1, 0.15) is 11.5 Å². The van der Waals surface area contributed by atoms with E-state index in [-0.39, 0.29) is 34.5 Å². The standard InChI is InChI=1S/C13H17ClN4O2/c1-7(2)12-16-6-9(14)11(18-12)13(20)17-8-3-4-10(19)15-5-8/h6-8H,3-5H2,1-2H3,(H,15,19)(H,17,20). The molecule has 108 valence electrons. The van der Waals surface area contributed by atoms with Gasteiger partial charge >= 0.3 is 0 Å². The Labute approximate surface area is 122 Å². The van der Waals surface area contributed by atoms with Gasteiger partial charge in [0, 0.05) is 24.9 Å². The van der Waals surface area contributed by atoms with Crippen LogP contribution in [0.15, 0.2) is 6.20 Å². The highest BCUT2D eigenvalue weighted by Crippen LogP contribution is 2.16. The molecule has 0 bridgehead atoms. The third kappa shape index (κ3) is 3.45. The zero-order chi connectivity index (χ0) is 14.7. The molecule has 2 N–H and O–H groups in total. The van der Waals surface area contributed by atoms with Crippen molar-refractivity contribution < 1.29 is 9.59 Å². The molecule has 0 saturated carbocycles. The second kappa shape index (κ2) is 6.17. The summed E-state index contributed by atoms with van der Waals surface area (Å²) in [5, 5.41) is 5.78. The van der Waals surface area contributed by atoms with E-state index in [9.17, 15) is 9.59 Å². The third-order valence-corrected chi connectivity index (χ3v) is 3.37. The lowest BCUT2D eigenvalue weighted by molar-refractivity contribution is -0.122. The molecule has 1 aromatic heterocycles. The number of halogens is 1. The van der Waals surface area contributed by atoms with Gasteiger partial charge < -0.3 is 10.6 Å². The smallest absolute Gasteiger partial charge is 0.271 e. The second-order valence-corrected chi connectivity index (χ2v) is 5.50. The number of piperidine rings is 1. The summed E-state index contributed by atoms with van der Waals surface area (Å²) in [5.74, 6) is 0.377. The van der Waals surface area contributed by atoms with E-state index in [0.717, 1.165) is 0 Å². The molecule has 0 spiro atoms. The van der Waals surface area contributed by atoms with E-state index in [2.05, 4.69) is 20.6 Å². The molecule has 1 aliphatic rings. The number of nitrogens with zero attached hydrogens (tertiary/aromatic N) is 2. The number of amides is 2. The van der Waals surface area contributed by atoms with E-state index in [1.165, 1.54) is 6.20 Å². The number of aromatic nitrogens is 2. The van der Waals surface area contributed by atoms with Crippen LogP contribution in [0.2, 0.25) is 5.02 Å². The minimum absolute atomic E-state index is 0.0117. The maximum atomic E-state index is 12.2. The number of hydrogen-bond donors (Lipinski definition) is 2. The summed E-state index contributed by atoms with van der Waals surface area (Å²) in [6, 6.07) is -0.0891. The molecular weight excluding hydrogens is 280 g/mol. The maximum Gasteiger partial charge on any atom is 0.271 e. The maximum absolute atomic E-state index is 12.2. The molecule has 2 amide bonds. The van der Waals surface area contributed by atoms with Crippen LogP contribution in [-0.4, -0.2) is 34.4 Å². The Morgan fingerprint density at radius 2 is 2.30 bits per heavy atom. The van der Waals surface area contributed by atoms with Gasteiger partial charge in [-0.3, -0.25) is 9.59 Å². The topological polar surface area (TPSA) is 84.0 Å². The summed E-state index contributed by atoms with van der Waals surface area (Å²) >= 11 is 5.98. The number of hydrogen-bond acceptors (Lipinski definition) is 4. The molecule has 7 heteroatoms. The Morgan fingerprint density at radius 3 is 2.90 bits per heavy atom. The highest BCUT2D eigenvalue weighted by molar-refractivity contribution is 6.33. The molecule has 20 heavy (non-hydrogen) atoms. The minimum Gasteiger partial charge on any atom is -0.354 e. The fourth-order valence-electron chi connectivity index (χ4n) is 1.93. The van der Waals surface area contributed by atoms with E-state index < -0.39 is 0 Å². The Kier molecular flexibility index (Phi) is 4.54. The van der Waals surface area contributed by atoms with Gasteiger partial charge in [-0.2, -0.15) is 0 Å². The number of carbonyl (C=O) groups excluding carboxylic acids is 2. The molecule has 1 aromatic rings. The van der Waals surface area contributed by atoms with Crippen LogP contribution in [0.25, 0.3) is 0 Å². The highest BCUT2D eigenvalue weighted by Gasteiger charge is 2.22. The van der Waals surface area contributed by atoms with Crippen molar-refractivity contribution in [2.75, 3.05) is 6.54 Å². The quantitative estimate of drug-likeness (QED) is 0.879. The number of nitrogens with one attached hydrogen (secondary N) is 2. The molecule has 0 aliphatic carbocycles. The van der Waals surface area contributed by atoms with Gasteiger partial charge in [-0.1, -0.05) is 25.4 Å². The van der Waals surface area contributed by atoms with Crippen molar-refractivity contribution in [3.63, 3.8) is 0 Å². The van der Waals surface area contributed by atoms with Crippen molar-refractivity contribution in [2.24, 2.45) is 0 Å². The molecule has 0 radical (unpaired) electrons. The highest BCUT2D eigenvalue weighted by atomic mass is 35.5. The summed E-state index contributed by atoms with van der Waals surface area (Å²) < 4.78 is 0. The number of rotatable bonds is 3. The Balaban J connectivity index is 2.08. The molecule has 2 rings (SSSR count). The fourth-order valence-corrected chi connectivity index (χ4v) is 2.10. The van der Waals surface area contributed by atoms with E-state index in [1.54, 1.807) is 0 Å². The van der Waals surface area contributed by atoms with Crippen molar-refractivity contribution in [3.8, 4) is 0 Å². The van der Waals surface area contributed by atoms with Gasteiger partial charge in [-0.15, -0.1) is 0 Å². The van der Waals surface area contributed by atoms with Gasteiger partial charge in [0.05, 0.1) is 11.2 Å². The van der Waals surface area contributed by atoms with Crippen LogP contribution in [0.3, 0.4) is 0 Å². The molecule has 1 fully saturated rings. The Morgan fingerprint density at radius 1 is 1.55 bits per heavy atom. The first-order valence-corrected chi connectivity index (χ1v) is 6.95. The first-order valence-electron chi connectivity index (χ1n) is 6.57. The summed E-state index contributed by atoms with van der Waals surface area (Å²) in [6.07, 6.45) is 2.48. The first kappa shape index (κ1) is 14.7. The van der Waals surface area contributed by atoms with Crippen LogP contribution < -0.4 is 10.6 Å². The molecular formula is C13H17ClN4O2. The third-order valence-electron chi connectivity index (χ3n) is 3.09. The first-order chi connectivity index (χ1) is 9.47. The summed E-state index contributed by atoms with van der Waals surface area (Å²) in [7, 11) is 0. The van der Waals surface area contributed by atoms with Gasteiger partial charge in [0.15, 0.2) is 0 Å². The summed E-state index contributed by atoms with van der Waals surface area (Å²) in [5.41, 5.74) is 0.183. The van der Waals surface area contributed by atoms with Crippen LogP contribution in [-0.2, 0) is 4.79 Å². The Hall–Kier alpha value is -1.69. The van der Waals surface area contributed by atoms with Crippen LogP contribution in [0.4, 0.5) is 0 Å². The van der Waals surface area contributed by atoms with Crippen LogP contribution in [0.1, 0.15) is 48.9 Å². The normalized spacial score (nSPS) is 18.8. The lowest BCUT2D eigenvalue weighted by Crippen LogP contribution is -2.48. The molecule has 6 nitrogen and oxygen atoms in total. The average molecular weight is 297 g/mol. The molecule has 1 unspecified atom stereocenters. The largest absolute Gasteiger partial charge is 0.354 e. The van der Waals surface area contributed by atoms with Crippen molar-refractivity contribution in [1.29, 1.82) is 0 Å². The zero-order valence-corrected chi connectivity index (χ0v) is 12.2. The molecule has 2 heterocycles. The molecule has 0 aromatic carbocycles. The van der Waals surface area contributed by atoms with Crippen molar-refractivity contribution in [3.05, 3.63) is 22.7 Å². The van der Waals surface area contributed by atoms with Crippen LogP contribution in [0, 0.1) is 0 Å². The molecule has 1 aliphatic heterocycles. The van der Waals surface area contributed by atoms with Crippen molar-refractivity contribution in [2.45, 2.75) is 38.6 Å². The van der Waals surface area contributed by atoms with Crippen LogP contribution >= 0.6 is 11.6 Å². The van der Waals surface area contributed by atoms with E-state index >= 15 is 0 Å². The monoisotopic (exact) mass is 296 g/mol. The summed E-state index contributed by atoms with van der Waals surface area (Å²) in [4.78, 5) is 31.6. The predicted octanol–water partition coefficient (Wildman–Crippen LogP) is 1.26.